The maximum Gasteiger partial charge on any atom is 0.413 e. The van der Waals surface area contributed by atoms with Crippen molar-refractivity contribution in [3.8, 4) is 11.3 Å². The van der Waals surface area contributed by atoms with E-state index in [0.717, 1.165) is 11.1 Å². The van der Waals surface area contributed by atoms with E-state index >= 15 is 0 Å². The van der Waals surface area contributed by atoms with Crippen molar-refractivity contribution < 1.29 is 9.53 Å². The van der Waals surface area contributed by atoms with Gasteiger partial charge < -0.3 is 4.74 Å². The van der Waals surface area contributed by atoms with Gasteiger partial charge in [-0.1, -0.05) is 72.3 Å². The lowest BCUT2D eigenvalue weighted by atomic mass is 10.1. The van der Waals surface area contributed by atoms with Crippen LogP contribution in [0.15, 0.2) is 72.8 Å². The smallest absolute Gasteiger partial charge is 0.413 e. The molecule has 0 aliphatic heterocycles. The largest absolute Gasteiger partial charge is 0.444 e. The summed E-state index contributed by atoms with van der Waals surface area (Å²) in [4.78, 5) is 16.9. The molecule has 0 atom stereocenters. The Morgan fingerprint density at radius 2 is 1.70 bits per heavy atom. The predicted molar refractivity (Wildman–Crippen MR) is 104 cm³/mol. The molecule has 6 nitrogen and oxygen atoms in total. The monoisotopic (exact) mass is 378 g/mol. The molecule has 4 rings (SSSR count). The number of halogens is 1. The molecule has 2 aromatic heterocycles. The number of carbonyl (C=O) groups excluding carboxylic acids is 1. The fourth-order valence-corrected chi connectivity index (χ4v) is 2.81. The molecular formula is C20H15ClN4O2. The van der Waals surface area contributed by atoms with Crippen molar-refractivity contribution >= 4 is 29.2 Å². The molecule has 0 saturated carbocycles. The summed E-state index contributed by atoms with van der Waals surface area (Å²) in [5, 5.41) is 7.28. The minimum atomic E-state index is -0.598. The Morgan fingerprint density at radius 3 is 2.44 bits per heavy atom. The number of nitrogens with zero attached hydrogens (tertiary/aromatic N) is 3. The molecule has 4 aromatic rings. The number of nitrogens with one attached hydrogen (secondary N) is 1. The van der Waals surface area contributed by atoms with Crippen LogP contribution in [0.3, 0.4) is 0 Å². The van der Waals surface area contributed by atoms with E-state index in [1.54, 1.807) is 12.1 Å². The lowest BCUT2D eigenvalue weighted by Gasteiger charge is -2.08. The van der Waals surface area contributed by atoms with Crippen LogP contribution in [0.2, 0.25) is 5.15 Å². The summed E-state index contributed by atoms with van der Waals surface area (Å²) < 4.78 is 6.81. The summed E-state index contributed by atoms with van der Waals surface area (Å²) in [6, 6.07) is 22.4. The Balaban J connectivity index is 1.65. The van der Waals surface area contributed by atoms with Gasteiger partial charge >= 0.3 is 6.09 Å². The van der Waals surface area contributed by atoms with Gasteiger partial charge in [0, 0.05) is 5.56 Å². The highest BCUT2D eigenvalue weighted by atomic mass is 35.5. The molecule has 1 N–H and O–H groups in total. The van der Waals surface area contributed by atoms with Crippen LogP contribution in [0.1, 0.15) is 5.56 Å². The van der Waals surface area contributed by atoms with Crippen LogP contribution in [0, 0.1) is 0 Å². The van der Waals surface area contributed by atoms with E-state index < -0.39 is 6.09 Å². The molecule has 2 heterocycles. The Kier molecular flexibility index (Phi) is 4.72. The summed E-state index contributed by atoms with van der Waals surface area (Å²) >= 11 is 6.02. The number of fused-ring (bicyclic) bond motifs is 1. The predicted octanol–water partition coefficient (Wildman–Crippen LogP) is 4.80. The summed E-state index contributed by atoms with van der Waals surface area (Å²) in [5.41, 5.74) is 2.89. The molecule has 7 heteroatoms. The van der Waals surface area contributed by atoms with E-state index in [2.05, 4.69) is 15.4 Å². The first-order valence-electron chi connectivity index (χ1n) is 8.29. The zero-order valence-electron chi connectivity index (χ0n) is 14.2. The van der Waals surface area contributed by atoms with Crippen LogP contribution in [0.25, 0.3) is 16.9 Å². The molecule has 0 aliphatic rings. The maximum absolute atomic E-state index is 12.4. The van der Waals surface area contributed by atoms with Gasteiger partial charge in [-0.2, -0.15) is 9.61 Å². The number of hydrogen-bond donors (Lipinski definition) is 1. The molecule has 0 radical (unpaired) electrons. The third-order valence-corrected chi connectivity index (χ3v) is 4.13. The van der Waals surface area contributed by atoms with Gasteiger partial charge in [-0.05, 0) is 17.7 Å². The topological polar surface area (TPSA) is 68.5 Å². The Morgan fingerprint density at radius 1 is 1.00 bits per heavy atom. The molecule has 0 unspecified atom stereocenters. The molecular weight excluding hydrogens is 364 g/mol. The number of aromatic nitrogens is 3. The second-order valence-corrected chi connectivity index (χ2v) is 6.18. The summed E-state index contributed by atoms with van der Waals surface area (Å²) in [7, 11) is 0. The third kappa shape index (κ3) is 3.75. The zero-order chi connectivity index (χ0) is 18.6. The molecule has 1 amide bonds. The minimum Gasteiger partial charge on any atom is -0.444 e. The molecule has 27 heavy (non-hydrogen) atoms. The van der Waals surface area contributed by atoms with Crippen LogP contribution in [0.5, 0.6) is 0 Å². The van der Waals surface area contributed by atoms with Gasteiger partial charge in [0.1, 0.15) is 17.5 Å². The van der Waals surface area contributed by atoms with E-state index in [9.17, 15) is 4.79 Å². The standard InChI is InChI=1S/C20H15ClN4O2/c21-16-11-12-17-22-18(15-9-5-2-6-10-15)19(25(17)24-16)23-20(26)27-13-14-7-3-1-4-8-14/h1-12H,13H2,(H,23,26). The van der Waals surface area contributed by atoms with Crippen LogP contribution in [-0.2, 0) is 11.3 Å². The van der Waals surface area contributed by atoms with Gasteiger partial charge in [0.05, 0.1) is 0 Å². The number of benzene rings is 2. The van der Waals surface area contributed by atoms with Gasteiger partial charge in [0.25, 0.3) is 0 Å². The van der Waals surface area contributed by atoms with E-state index in [-0.39, 0.29) is 6.61 Å². The van der Waals surface area contributed by atoms with Crippen LogP contribution in [0.4, 0.5) is 10.6 Å². The number of rotatable bonds is 4. The van der Waals surface area contributed by atoms with Gasteiger partial charge in [0.15, 0.2) is 11.5 Å². The molecule has 2 aromatic carbocycles. The van der Waals surface area contributed by atoms with Crippen LogP contribution in [-0.4, -0.2) is 20.7 Å². The first-order valence-corrected chi connectivity index (χ1v) is 8.67. The normalized spacial score (nSPS) is 10.7. The summed E-state index contributed by atoms with van der Waals surface area (Å²) in [6.45, 7) is 0.165. The van der Waals surface area contributed by atoms with Gasteiger partial charge in [-0.25, -0.2) is 9.78 Å². The van der Waals surface area contributed by atoms with E-state index in [4.69, 9.17) is 16.3 Å². The second kappa shape index (κ2) is 7.47. The molecule has 0 bridgehead atoms. The number of hydrogen-bond acceptors (Lipinski definition) is 4. The zero-order valence-corrected chi connectivity index (χ0v) is 14.9. The van der Waals surface area contributed by atoms with Gasteiger partial charge in [0.2, 0.25) is 0 Å². The van der Waals surface area contributed by atoms with Crippen molar-refractivity contribution in [3.05, 3.63) is 83.5 Å². The van der Waals surface area contributed by atoms with Gasteiger partial charge in [-0.15, -0.1) is 0 Å². The van der Waals surface area contributed by atoms with Crippen LogP contribution >= 0.6 is 11.6 Å². The lowest BCUT2D eigenvalue weighted by Crippen LogP contribution is -2.16. The van der Waals surface area contributed by atoms with E-state index in [0.29, 0.717) is 22.3 Å². The van der Waals surface area contributed by atoms with Crippen molar-refractivity contribution in [1.82, 2.24) is 14.6 Å². The fourth-order valence-electron chi connectivity index (χ4n) is 2.68. The highest BCUT2D eigenvalue weighted by Crippen LogP contribution is 2.28. The Hall–Kier alpha value is -3.38. The van der Waals surface area contributed by atoms with Gasteiger partial charge in [-0.3, -0.25) is 5.32 Å². The molecule has 0 spiro atoms. The molecule has 0 fully saturated rings. The summed E-state index contributed by atoms with van der Waals surface area (Å²) in [5.74, 6) is 0.400. The van der Waals surface area contributed by atoms with Crippen molar-refractivity contribution in [2.75, 3.05) is 5.32 Å². The number of imidazole rings is 1. The van der Waals surface area contributed by atoms with Crippen molar-refractivity contribution in [3.63, 3.8) is 0 Å². The SMILES string of the molecule is O=C(Nc1c(-c2ccccc2)nc2ccc(Cl)nn12)OCc1ccccc1. The number of ether oxygens (including phenoxy) is 1. The first-order chi connectivity index (χ1) is 13.2. The first kappa shape index (κ1) is 17.1. The molecule has 0 aliphatic carbocycles. The quantitative estimate of drug-likeness (QED) is 0.554. The second-order valence-electron chi connectivity index (χ2n) is 5.79. The summed E-state index contributed by atoms with van der Waals surface area (Å²) in [6.07, 6.45) is -0.598. The number of carbonyl (C=O) groups is 1. The Labute approximate surface area is 160 Å². The highest BCUT2D eigenvalue weighted by Gasteiger charge is 2.18. The van der Waals surface area contributed by atoms with Crippen molar-refractivity contribution in [1.29, 1.82) is 0 Å². The van der Waals surface area contributed by atoms with E-state index in [1.165, 1.54) is 4.52 Å². The Bertz CT molecular complexity index is 1080. The minimum absolute atomic E-state index is 0.165. The van der Waals surface area contributed by atoms with E-state index in [1.807, 2.05) is 60.7 Å². The number of anilines is 1. The molecule has 0 saturated heterocycles. The fraction of sp³-hybridized carbons (Fsp3) is 0.0500. The average molecular weight is 379 g/mol. The average Bonchev–Trinajstić information content (AvgIpc) is 3.05. The van der Waals surface area contributed by atoms with Crippen molar-refractivity contribution in [2.24, 2.45) is 0 Å². The van der Waals surface area contributed by atoms with Crippen LogP contribution < -0.4 is 5.32 Å². The number of amides is 1. The third-order valence-electron chi connectivity index (χ3n) is 3.93. The maximum atomic E-state index is 12.4. The lowest BCUT2D eigenvalue weighted by molar-refractivity contribution is 0.155. The highest BCUT2D eigenvalue weighted by molar-refractivity contribution is 6.29. The molecule has 134 valence electrons. The van der Waals surface area contributed by atoms with Crippen molar-refractivity contribution in [2.45, 2.75) is 6.61 Å².